The van der Waals surface area contributed by atoms with Crippen molar-refractivity contribution in [3.8, 4) is 22.3 Å². The Labute approximate surface area is 317 Å². The van der Waals surface area contributed by atoms with Gasteiger partial charge in [0.25, 0.3) is 0 Å². The summed E-state index contributed by atoms with van der Waals surface area (Å²) in [5.74, 6) is 0. The first-order chi connectivity index (χ1) is 26.8. The van der Waals surface area contributed by atoms with Crippen molar-refractivity contribution in [3.63, 3.8) is 0 Å². The van der Waals surface area contributed by atoms with Crippen LogP contribution < -0.4 is 4.90 Å². The molecule has 0 aliphatic rings. The quantitative estimate of drug-likeness (QED) is 0.161. The summed E-state index contributed by atoms with van der Waals surface area (Å²) in [5.41, 5.74) is 8.30. The van der Waals surface area contributed by atoms with Crippen LogP contribution in [0.25, 0.3) is 85.5 Å². The molecular weight excluding hydrogens is 671 g/mol. The van der Waals surface area contributed by atoms with Crippen molar-refractivity contribution < 1.29 is 0 Å². The Morgan fingerprint density at radius 2 is 0.889 bits per heavy atom. The minimum Gasteiger partial charge on any atom is -0.310 e. The SMILES string of the molecule is c1ccc2c(-c3ccc(-c4ccc(N(c5ccc6ccc7c8ccccc8sc7c6c5)c5cc6ccccc6c6ccccc56)cc4)cc3)cccc2c1. The zero-order valence-corrected chi connectivity index (χ0v) is 30.2. The standard InChI is InChI=1S/C52H33NS/c1-3-13-42-36(10-1)12-9-18-43(42)37-22-20-34(21-23-37)35-24-28-40(29-25-35)53(50-32-39-11-2-4-14-44(39)45-15-5-6-16-46(45)50)41-30-26-38-27-31-48-47-17-7-8-19-51(47)54-52(48)49(38)33-41/h1-33H. The first-order valence-corrected chi connectivity index (χ1v) is 19.3. The van der Waals surface area contributed by atoms with Gasteiger partial charge >= 0.3 is 0 Å². The minimum absolute atomic E-state index is 1.12. The number of benzene rings is 10. The van der Waals surface area contributed by atoms with Crippen LogP contribution >= 0.6 is 11.3 Å². The lowest BCUT2D eigenvalue weighted by Gasteiger charge is -2.28. The van der Waals surface area contributed by atoms with Gasteiger partial charge < -0.3 is 4.90 Å². The minimum atomic E-state index is 1.12. The van der Waals surface area contributed by atoms with Crippen LogP contribution in [0.2, 0.25) is 0 Å². The van der Waals surface area contributed by atoms with Crippen LogP contribution in [0.4, 0.5) is 17.1 Å². The summed E-state index contributed by atoms with van der Waals surface area (Å²) in [6.07, 6.45) is 0. The summed E-state index contributed by atoms with van der Waals surface area (Å²) < 4.78 is 2.66. The Balaban J connectivity index is 1.07. The highest BCUT2D eigenvalue weighted by molar-refractivity contribution is 7.26. The van der Waals surface area contributed by atoms with Gasteiger partial charge in [0.1, 0.15) is 0 Å². The Morgan fingerprint density at radius 1 is 0.315 bits per heavy atom. The molecule has 0 N–H and O–H groups in total. The Morgan fingerprint density at radius 3 is 1.70 bits per heavy atom. The third-order valence-corrected chi connectivity index (χ3v) is 12.3. The Kier molecular flexibility index (Phi) is 7.11. The van der Waals surface area contributed by atoms with Gasteiger partial charge in [0.05, 0.1) is 5.69 Å². The van der Waals surface area contributed by atoms with Crippen molar-refractivity contribution in [1.29, 1.82) is 0 Å². The van der Waals surface area contributed by atoms with E-state index in [4.69, 9.17) is 0 Å². The van der Waals surface area contributed by atoms with E-state index in [1.165, 1.54) is 91.2 Å². The molecule has 0 spiro atoms. The smallest absolute Gasteiger partial charge is 0.0546 e. The van der Waals surface area contributed by atoms with E-state index in [1.54, 1.807) is 0 Å². The molecule has 0 unspecified atom stereocenters. The second kappa shape index (κ2) is 12.4. The molecule has 11 aromatic rings. The molecule has 1 heterocycles. The molecule has 0 saturated heterocycles. The summed E-state index contributed by atoms with van der Waals surface area (Å²) in [6.45, 7) is 0. The lowest BCUT2D eigenvalue weighted by molar-refractivity contribution is 1.31. The van der Waals surface area contributed by atoms with E-state index in [9.17, 15) is 0 Å². The van der Waals surface area contributed by atoms with Crippen LogP contribution in [0.5, 0.6) is 0 Å². The molecule has 0 radical (unpaired) electrons. The van der Waals surface area contributed by atoms with Gasteiger partial charge in [0, 0.05) is 42.3 Å². The van der Waals surface area contributed by atoms with E-state index >= 15 is 0 Å². The van der Waals surface area contributed by atoms with Crippen molar-refractivity contribution in [2.24, 2.45) is 0 Å². The average Bonchev–Trinajstić information content (AvgIpc) is 3.63. The average molecular weight is 704 g/mol. The lowest BCUT2D eigenvalue weighted by Crippen LogP contribution is -2.10. The fraction of sp³-hybridized carbons (Fsp3) is 0. The van der Waals surface area contributed by atoms with Crippen LogP contribution in [-0.2, 0) is 0 Å². The fourth-order valence-corrected chi connectivity index (χ4v) is 9.63. The first kappa shape index (κ1) is 30.8. The van der Waals surface area contributed by atoms with Gasteiger partial charge in [-0.15, -0.1) is 11.3 Å². The van der Waals surface area contributed by atoms with Crippen molar-refractivity contribution in [2.75, 3.05) is 4.90 Å². The number of hydrogen-bond donors (Lipinski definition) is 0. The van der Waals surface area contributed by atoms with Crippen LogP contribution in [0.15, 0.2) is 200 Å². The first-order valence-electron chi connectivity index (χ1n) is 18.5. The van der Waals surface area contributed by atoms with Gasteiger partial charge in [0.15, 0.2) is 0 Å². The maximum atomic E-state index is 2.45. The number of nitrogens with zero attached hydrogens (tertiary/aromatic N) is 1. The zero-order valence-electron chi connectivity index (χ0n) is 29.4. The third-order valence-electron chi connectivity index (χ3n) is 11.0. The van der Waals surface area contributed by atoms with E-state index in [2.05, 4.69) is 205 Å². The number of fused-ring (bicyclic) bond motifs is 9. The van der Waals surface area contributed by atoms with E-state index < -0.39 is 0 Å². The largest absolute Gasteiger partial charge is 0.310 e. The van der Waals surface area contributed by atoms with Gasteiger partial charge in [-0.05, 0) is 91.0 Å². The van der Waals surface area contributed by atoms with E-state index in [1.807, 2.05) is 11.3 Å². The number of rotatable bonds is 5. The van der Waals surface area contributed by atoms with Crippen molar-refractivity contribution in [1.82, 2.24) is 0 Å². The second-order valence-electron chi connectivity index (χ2n) is 14.1. The van der Waals surface area contributed by atoms with E-state index in [0.29, 0.717) is 0 Å². The van der Waals surface area contributed by atoms with Crippen LogP contribution in [0, 0.1) is 0 Å². The number of anilines is 3. The molecule has 0 aliphatic carbocycles. The normalized spacial score (nSPS) is 11.7. The fourth-order valence-electron chi connectivity index (χ4n) is 8.40. The van der Waals surface area contributed by atoms with Crippen LogP contribution in [0.3, 0.4) is 0 Å². The predicted octanol–water partition coefficient (Wildman–Crippen LogP) is 15.5. The molecule has 2 heteroatoms. The number of thiophene rings is 1. The van der Waals surface area contributed by atoms with E-state index in [-0.39, 0.29) is 0 Å². The monoisotopic (exact) mass is 703 g/mol. The Hall–Kier alpha value is -6.74. The molecule has 0 aliphatic heterocycles. The molecular formula is C52H33NS. The molecule has 0 atom stereocenters. The summed E-state index contributed by atoms with van der Waals surface area (Å²) in [7, 11) is 0. The van der Waals surface area contributed by atoms with Crippen LogP contribution in [-0.4, -0.2) is 0 Å². The van der Waals surface area contributed by atoms with Gasteiger partial charge in [-0.2, -0.15) is 0 Å². The zero-order chi connectivity index (χ0) is 35.6. The molecule has 0 saturated carbocycles. The highest BCUT2D eigenvalue weighted by atomic mass is 32.1. The summed E-state index contributed by atoms with van der Waals surface area (Å²) >= 11 is 1.89. The summed E-state index contributed by atoms with van der Waals surface area (Å²) in [5, 5.41) is 12.7. The third kappa shape index (κ3) is 4.99. The van der Waals surface area contributed by atoms with Crippen molar-refractivity contribution in [2.45, 2.75) is 0 Å². The molecule has 10 aromatic carbocycles. The topological polar surface area (TPSA) is 3.24 Å². The van der Waals surface area contributed by atoms with Crippen molar-refractivity contribution in [3.05, 3.63) is 200 Å². The maximum absolute atomic E-state index is 2.45. The van der Waals surface area contributed by atoms with Crippen molar-refractivity contribution >= 4 is 91.7 Å². The molecule has 54 heavy (non-hydrogen) atoms. The maximum Gasteiger partial charge on any atom is 0.0546 e. The number of hydrogen-bond acceptors (Lipinski definition) is 2. The second-order valence-corrected chi connectivity index (χ2v) is 15.1. The summed E-state index contributed by atoms with van der Waals surface area (Å²) in [6, 6.07) is 73.5. The van der Waals surface area contributed by atoms with Gasteiger partial charge in [0.2, 0.25) is 0 Å². The van der Waals surface area contributed by atoms with Crippen LogP contribution in [0.1, 0.15) is 0 Å². The van der Waals surface area contributed by atoms with Gasteiger partial charge in [-0.1, -0.05) is 164 Å². The molecule has 252 valence electrons. The molecule has 11 rings (SSSR count). The van der Waals surface area contributed by atoms with Gasteiger partial charge in [-0.25, -0.2) is 0 Å². The highest BCUT2D eigenvalue weighted by Crippen LogP contribution is 2.45. The molecule has 1 aromatic heterocycles. The lowest BCUT2D eigenvalue weighted by atomic mass is 9.96. The molecule has 0 amide bonds. The summed E-state index contributed by atoms with van der Waals surface area (Å²) in [4.78, 5) is 2.45. The molecule has 1 nitrogen and oxygen atoms in total. The molecule has 0 fully saturated rings. The van der Waals surface area contributed by atoms with E-state index in [0.717, 1.165) is 11.4 Å². The predicted molar refractivity (Wildman–Crippen MR) is 235 cm³/mol. The molecule has 0 bridgehead atoms. The van der Waals surface area contributed by atoms with Gasteiger partial charge in [-0.3, -0.25) is 0 Å². The highest BCUT2D eigenvalue weighted by Gasteiger charge is 2.19. The Bertz CT molecular complexity index is 3200.